The summed E-state index contributed by atoms with van der Waals surface area (Å²) in [5, 5.41) is 0. The minimum atomic E-state index is 0.137. The lowest BCUT2D eigenvalue weighted by Crippen LogP contribution is -2.39. The number of likely N-dealkylation sites (N-methyl/N-ethyl adjacent to an activating group) is 1. The van der Waals surface area contributed by atoms with Crippen molar-refractivity contribution in [3.8, 4) is 0 Å². The van der Waals surface area contributed by atoms with Gasteiger partial charge in [-0.1, -0.05) is 12.1 Å². The maximum atomic E-state index is 11.7. The minimum Gasteiger partial charge on any atom is -0.371 e. The number of piperidine rings is 1. The zero-order valence-electron chi connectivity index (χ0n) is 11.8. The largest absolute Gasteiger partial charge is 0.371 e. The lowest BCUT2D eigenvalue weighted by molar-refractivity contribution is -0.127. The molecule has 0 aromatic heterocycles. The molecule has 0 spiro atoms. The lowest BCUT2D eigenvalue weighted by Gasteiger charge is -2.32. The molecule has 0 aliphatic carbocycles. The smallest absolute Gasteiger partial charge is 0.226 e. The molecule has 1 heterocycles. The van der Waals surface area contributed by atoms with Crippen molar-refractivity contribution in [1.29, 1.82) is 0 Å². The van der Waals surface area contributed by atoms with Gasteiger partial charge in [-0.15, -0.1) is 0 Å². The fourth-order valence-corrected chi connectivity index (χ4v) is 2.35. The van der Waals surface area contributed by atoms with Crippen molar-refractivity contribution in [1.82, 2.24) is 4.90 Å². The number of anilines is 1. The van der Waals surface area contributed by atoms with Crippen molar-refractivity contribution in [2.24, 2.45) is 5.73 Å². The molecule has 1 amide bonds. The Morgan fingerprint density at radius 2 is 2.05 bits per heavy atom. The average Bonchev–Trinajstić information content (AvgIpc) is 2.39. The summed E-state index contributed by atoms with van der Waals surface area (Å²) < 4.78 is 0. The highest BCUT2D eigenvalue weighted by atomic mass is 16.2. The van der Waals surface area contributed by atoms with Gasteiger partial charge < -0.3 is 15.5 Å². The zero-order chi connectivity index (χ0) is 13.8. The van der Waals surface area contributed by atoms with Gasteiger partial charge in [-0.2, -0.15) is 0 Å². The fourth-order valence-electron chi connectivity index (χ4n) is 2.35. The number of carbonyl (C=O) groups is 1. The van der Waals surface area contributed by atoms with Crippen molar-refractivity contribution in [2.45, 2.75) is 25.3 Å². The van der Waals surface area contributed by atoms with Crippen LogP contribution in [0.4, 0.5) is 5.69 Å². The molecular weight excluding hydrogens is 238 g/mol. The van der Waals surface area contributed by atoms with Crippen molar-refractivity contribution in [3.63, 3.8) is 0 Å². The van der Waals surface area contributed by atoms with Gasteiger partial charge >= 0.3 is 0 Å². The molecule has 2 N–H and O–H groups in total. The van der Waals surface area contributed by atoms with Crippen LogP contribution in [0.5, 0.6) is 0 Å². The second kappa shape index (κ2) is 6.06. The fraction of sp³-hybridized carbons (Fsp3) is 0.533. The quantitative estimate of drug-likeness (QED) is 0.891. The number of hydrogen-bond donors (Lipinski definition) is 1. The second-order valence-electron chi connectivity index (χ2n) is 5.46. The van der Waals surface area contributed by atoms with E-state index in [-0.39, 0.29) is 5.91 Å². The summed E-state index contributed by atoms with van der Waals surface area (Å²) in [4.78, 5) is 15.7. The van der Waals surface area contributed by atoms with E-state index in [1.807, 2.05) is 12.1 Å². The van der Waals surface area contributed by atoms with Crippen LogP contribution < -0.4 is 10.6 Å². The van der Waals surface area contributed by atoms with Gasteiger partial charge in [-0.05, 0) is 30.5 Å². The van der Waals surface area contributed by atoms with Crippen molar-refractivity contribution in [2.75, 3.05) is 32.1 Å². The van der Waals surface area contributed by atoms with Gasteiger partial charge in [0.2, 0.25) is 5.91 Å². The predicted octanol–water partition coefficient (Wildman–Crippen LogP) is 1.24. The summed E-state index contributed by atoms with van der Waals surface area (Å²) in [6, 6.07) is 8.62. The Balaban J connectivity index is 2.04. The molecular formula is C15H23N3O. The molecule has 0 unspecified atom stereocenters. The molecule has 1 aliphatic heterocycles. The van der Waals surface area contributed by atoms with E-state index in [0.29, 0.717) is 12.5 Å². The van der Waals surface area contributed by atoms with Crippen molar-refractivity contribution >= 4 is 11.6 Å². The number of nitrogens with zero attached hydrogens (tertiary/aromatic N) is 2. The molecule has 1 aromatic rings. The monoisotopic (exact) mass is 261 g/mol. The highest BCUT2D eigenvalue weighted by Crippen LogP contribution is 2.21. The predicted molar refractivity (Wildman–Crippen MR) is 78.3 cm³/mol. The molecule has 1 aromatic carbocycles. The van der Waals surface area contributed by atoms with Crippen LogP contribution in [0, 0.1) is 0 Å². The van der Waals surface area contributed by atoms with Gasteiger partial charge in [0, 0.05) is 38.9 Å². The van der Waals surface area contributed by atoms with E-state index in [0.717, 1.165) is 31.5 Å². The highest BCUT2D eigenvalue weighted by molar-refractivity contribution is 5.78. The first kappa shape index (κ1) is 13.9. The maximum absolute atomic E-state index is 11.7. The topological polar surface area (TPSA) is 49.6 Å². The third kappa shape index (κ3) is 3.70. The molecule has 0 atom stereocenters. The number of benzene rings is 1. The Bertz CT molecular complexity index is 437. The maximum Gasteiger partial charge on any atom is 0.226 e. The third-order valence-electron chi connectivity index (χ3n) is 3.67. The Morgan fingerprint density at radius 3 is 2.68 bits per heavy atom. The molecule has 0 saturated carbocycles. The summed E-state index contributed by atoms with van der Waals surface area (Å²) in [5.41, 5.74) is 8.21. The van der Waals surface area contributed by atoms with E-state index >= 15 is 0 Å². The van der Waals surface area contributed by atoms with Crippen LogP contribution in [0.2, 0.25) is 0 Å². The van der Waals surface area contributed by atoms with E-state index in [1.165, 1.54) is 5.69 Å². The summed E-state index contributed by atoms with van der Waals surface area (Å²) in [6.45, 7) is 2.01. The number of nitrogens with two attached hydrogens (primary N) is 1. The Morgan fingerprint density at radius 1 is 1.37 bits per heavy atom. The van der Waals surface area contributed by atoms with Gasteiger partial charge in [0.25, 0.3) is 0 Å². The first-order valence-electron chi connectivity index (χ1n) is 6.86. The Kier molecular flexibility index (Phi) is 4.43. The summed E-state index contributed by atoms with van der Waals surface area (Å²) in [5.74, 6) is 0.137. The molecule has 0 bridgehead atoms. The van der Waals surface area contributed by atoms with Crippen LogP contribution in [-0.2, 0) is 11.2 Å². The average molecular weight is 261 g/mol. The van der Waals surface area contributed by atoms with Crippen LogP contribution >= 0.6 is 0 Å². The number of carbonyl (C=O) groups excluding carboxylic acids is 1. The standard InChI is InChI=1S/C15H23N3O/c1-17(2)15(19)11-12-4-3-5-14(10-12)18-8-6-13(16)7-9-18/h3-5,10,13H,6-9,11,16H2,1-2H3. The van der Waals surface area contributed by atoms with E-state index in [1.54, 1.807) is 19.0 Å². The first-order valence-corrected chi connectivity index (χ1v) is 6.86. The summed E-state index contributed by atoms with van der Waals surface area (Å²) in [7, 11) is 3.58. The SMILES string of the molecule is CN(C)C(=O)Cc1cccc(N2CCC(N)CC2)c1. The van der Waals surface area contributed by atoms with Crippen molar-refractivity contribution in [3.05, 3.63) is 29.8 Å². The molecule has 1 aliphatic rings. The second-order valence-corrected chi connectivity index (χ2v) is 5.46. The molecule has 19 heavy (non-hydrogen) atoms. The first-order chi connectivity index (χ1) is 9.06. The third-order valence-corrected chi connectivity index (χ3v) is 3.67. The summed E-state index contributed by atoms with van der Waals surface area (Å²) in [6.07, 6.45) is 2.55. The van der Waals surface area contributed by atoms with E-state index in [4.69, 9.17) is 5.73 Å². The van der Waals surface area contributed by atoms with Crippen LogP contribution in [0.1, 0.15) is 18.4 Å². The molecule has 1 saturated heterocycles. The molecule has 4 heteroatoms. The lowest BCUT2D eigenvalue weighted by atomic mass is 10.0. The van der Waals surface area contributed by atoms with Gasteiger partial charge in [0.1, 0.15) is 0 Å². The zero-order valence-corrected chi connectivity index (χ0v) is 11.8. The minimum absolute atomic E-state index is 0.137. The van der Waals surface area contributed by atoms with Gasteiger partial charge in [0.15, 0.2) is 0 Å². The summed E-state index contributed by atoms with van der Waals surface area (Å²) >= 11 is 0. The van der Waals surface area contributed by atoms with Crippen LogP contribution in [-0.4, -0.2) is 44.0 Å². The molecule has 2 rings (SSSR count). The molecule has 104 valence electrons. The highest BCUT2D eigenvalue weighted by Gasteiger charge is 2.16. The Labute approximate surface area is 115 Å². The molecule has 1 fully saturated rings. The van der Waals surface area contributed by atoms with Crippen LogP contribution in [0.15, 0.2) is 24.3 Å². The van der Waals surface area contributed by atoms with Gasteiger partial charge in [0.05, 0.1) is 6.42 Å². The van der Waals surface area contributed by atoms with Crippen LogP contribution in [0.25, 0.3) is 0 Å². The van der Waals surface area contributed by atoms with Gasteiger partial charge in [-0.25, -0.2) is 0 Å². The van der Waals surface area contributed by atoms with Gasteiger partial charge in [-0.3, -0.25) is 4.79 Å². The number of hydrogen-bond acceptors (Lipinski definition) is 3. The van der Waals surface area contributed by atoms with E-state index in [9.17, 15) is 4.79 Å². The van der Waals surface area contributed by atoms with E-state index in [2.05, 4.69) is 17.0 Å². The molecule has 4 nitrogen and oxygen atoms in total. The molecule has 0 radical (unpaired) electrons. The number of rotatable bonds is 3. The number of amides is 1. The normalized spacial score (nSPS) is 16.5. The van der Waals surface area contributed by atoms with Crippen LogP contribution in [0.3, 0.4) is 0 Å². The van der Waals surface area contributed by atoms with Crippen molar-refractivity contribution < 1.29 is 4.79 Å². The van der Waals surface area contributed by atoms with E-state index < -0.39 is 0 Å². The Hall–Kier alpha value is -1.55.